The number of primary sulfonamides is 1. The quantitative estimate of drug-likeness (QED) is 0.585. The second-order valence-electron chi connectivity index (χ2n) is 6.24. The number of thiophene rings is 1. The van der Waals surface area contributed by atoms with Crippen molar-refractivity contribution >= 4 is 33.3 Å². The van der Waals surface area contributed by atoms with Gasteiger partial charge in [0.15, 0.2) is 0 Å². The van der Waals surface area contributed by atoms with Crippen molar-refractivity contribution in [2.75, 3.05) is 26.8 Å². The molecule has 8 heteroatoms. The molecule has 1 atom stereocenters. The van der Waals surface area contributed by atoms with Crippen LogP contribution in [0.25, 0.3) is 0 Å². The van der Waals surface area contributed by atoms with E-state index in [2.05, 4.69) is 32.0 Å². The zero-order chi connectivity index (χ0) is 18.3. The highest BCUT2D eigenvalue weighted by molar-refractivity contribution is 7.99. The fourth-order valence-electron chi connectivity index (χ4n) is 2.40. The van der Waals surface area contributed by atoms with Gasteiger partial charge in [-0.3, -0.25) is 0 Å². The average Bonchev–Trinajstić information content (AvgIpc) is 2.91. The highest BCUT2D eigenvalue weighted by Crippen LogP contribution is 2.46. The molecule has 1 aliphatic heterocycles. The van der Waals surface area contributed by atoms with Crippen LogP contribution in [0, 0.1) is 5.92 Å². The van der Waals surface area contributed by atoms with Gasteiger partial charge in [-0.2, -0.15) is 0 Å². The Bertz CT molecular complexity index is 600. The van der Waals surface area contributed by atoms with Crippen LogP contribution in [-0.2, 0) is 14.8 Å². The summed E-state index contributed by atoms with van der Waals surface area (Å²) in [6.45, 7) is 11.2. The van der Waals surface area contributed by atoms with Crippen molar-refractivity contribution in [3.63, 3.8) is 0 Å². The molecule has 1 aromatic heterocycles. The largest absolute Gasteiger partial charge is 0.385 e. The third-order valence-electron chi connectivity index (χ3n) is 3.56. The smallest absolute Gasteiger partial charge is 0.247 e. The number of methoxy groups -OCH3 is 1. The van der Waals surface area contributed by atoms with Crippen molar-refractivity contribution in [2.24, 2.45) is 11.1 Å². The van der Waals surface area contributed by atoms with Gasteiger partial charge in [-0.25, -0.2) is 17.9 Å². The van der Waals surface area contributed by atoms with Gasteiger partial charge < -0.3 is 4.74 Å². The molecule has 140 valence electrons. The lowest BCUT2D eigenvalue weighted by atomic mass is 9.90. The van der Waals surface area contributed by atoms with Crippen LogP contribution in [0.2, 0.25) is 0 Å². The van der Waals surface area contributed by atoms with Crippen LogP contribution in [0.1, 0.15) is 52.0 Å². The first-order valence-electron chi connectivity index (χ1n) is 8.32. The first-order valence-corrected chi connectivity index (χ1v) is 11.5. The zero-order valence-electron chi connectivity index (χ0n) is 15.2. The summed E-state index contributed by atoms with van der Waals surface area (Å²) in [4.78, 5) is 0. The molecule has 0 bridgehead atoms. The molecule has 0 saturated heterocycles. The van der Waals surface area contributed by atoms with Crippen LogP contribution in [0.15, 0.2) is 14.5 Å². The fraction of sp³-hybridized carbons (Fsp3) is 0.750. The van der Waals surface area contributed by atoms with Gasteiger partial charge in [0.1, 0.15) is 4.21 Å². The van der Waals surface area contributed by atoms with Gasteiger partial charge in [-0.15, -0.1) is 11.3 Å². The molecule has 0 aliphatic carbocycles. The molecule has 0 amide bonds. The molecule has 0 radical (unpaired) electrons. The van der Waals surface area contributed by atoms with E-state index in [-0.39, 0.29) is 4.21 Å². The Kier molecular flexibility index (Phi) is 9.25. The number of nitrogens with zero attached hydrogens (tertiary/aromatic N) is 1. The minimum Gasteiger partial charge on any atom is -0.385 e. The number of sulfonamides is 1. The summed E-state index contributed by atoms with van der Waals surface area (Å²) in [5.74, 6) is 0.799. The third kappa shape index (κ3) is 6.31. The molecule has 1 aliphatic rings. The topological polar surface area (TPSA) is 72.6 Å². The predicted octanol–water partition coefficient (Wildman–Crippen LogP) is 3.91. The second-order valence-corrected chi connectivity index (χ2v) is 10.4. The summed E-state index contributed by atoms with van der Waals surface area (Å²) in [6.07, 6.45) is 2.22. The molecule has 0 saturated carbocycles. The molecule has 24 heavy (non-hydrogen) atoms. The normalized spacial score (nSPS) is 18.2. The van der Waals surface area contributed by atoms with E-state index in [1.165, 1.54) is 17.8 Å². The summed E-state index contributed by atoms with van der Waals surface area (Å²) < 4.78 is 31.9. The lowest BCUT2D eigenvalue weighted by molar-refractivity contribution is 0.186. The minimum absolute atomic E-state index is 0.268. The molecule has 0 aromatic carbocycles. The number of rotatable bonds is 6. The zero-order valence-corrected chi connectivity index (χ0v) is 17.7. The van der Waals surface area contributed by atoms with Gasteiger partial charge >= 0.3 is 0 Å². The standard InChI is InChI=1S/C13H22N2O3S3.C3H8/c1-9(2)11-8-15(5-4-6-18-3)20-13-10(11)7-12(19-13)21(14,16)17;1-3-2/h7,9,11H,4-6,8H2,1-3H3,(H2,14,16,17);3H2,1-2H3. The van der Waals surface area contributed by atoms with Crippen molar-refractivity contribution in [1.82, 2.24) is 4.31 Å². The first-order chi connectivity index (χ1) is 11.2. The predicted molar refractivity (Wildman–Crippen MR) is 103 cm³/mol. The Hall–Kier alpha value is -0.120. The van der Waals surface area contributed by atoms with Crippen LogP contribution in [0.3, 0.4) is 0 Å². The van der Waals surface area contributed by atoms with Gasteiger partial charge in [0.05, 0.1) is 4.21 Å². The maximum atomic E-state index is 11.6. The molecule has 5 nitrogen and oxygen atoms in total. The van der Waals surface area contributed by atoms with Gasteiger partial charge in [-0.1, -0.05) is 34.1 Å². The van der Waals surface area contributed by atoms with Crippen molar-refractivity contribution < 1.29 is 13.2 Å². The summed E-state index contributed by atoms with van der Waals surface area (Å²) >= 11 is 2.93. The SMILES string of the molecule is CCC.COCCCN1CC(C(C)C)c2cc(S(N)(=O)=O)sc2S1. The Morgan fingerprint density at radius 1 is 1.42 bits per heavy atom. The number of hydrogen-bond donors (Lipinski definition) is 1. The maximum absolute atomic E-state index is 11.6. The van der Waals surface area contributed by atoms with Gasteiger partial charge in [-0.05, 0) is 35.9 Å². The molecular weight excluding hydrogens is 364 g/mol. The van der Waals surface area contributed by atoms with E-state index in [0.29, 0.717) is 11.8 Å². The molecule has 1 aromatic rings. The van der Waals surface area contributed by atoms with Crippen molar-refractivity contribution in [1.29, 1.82) is 0 Å². The second kappa shape index (κ2) is 10.1. The summed E-state index contributed by atoms with van der Waals surface area (Å²) in [7, 11) is -1.91. The van der Waals surface area contributed by atoms with Crippen LogP contribution >= 0.6 is 23.3 Å². The Balaban J connectivity index is 0.000000891. The summed E-state index contributed by atoms with van der Waals surface area (Å²) in [5.41, 5.74) is 1.13. The fourth-order valence-corrected chi connectivity index (χ4v) is 6.00. The van der Waals surface area contributed by atoms with Crippen LogP contribution < -0.4 is 5.14 Å². The molecular formula is C16H30N2O3S3. The van der Waals surface area contributed by atoms with Gasteiger partial charge in [0.25, 0.3) is 0 Å². The molecule has 2 rings (SSSR count). The molecule has 1 unspecified atom stereocenters. The highest BCUT2D eigenvalue weighted by atomic mass is 32.3. The Morgan fingerprint density at radius 3 is 2.54 bits per heavy atom. The van der Waals surface area contributed by atoms with Crippen LogP contribution in [0.5, 0.6) is 0 Å². The third-order valence-corrected chi connectivity index (χ3v) is 7.39. The summed E-state index contributed by atoms with van der Waals surface area (Å²) in [6, 6.07) is 1.76. The molecule has 2 heterocycles. The van der Waals surface area contributed by atoms with Crippen molar-refractivity contribution in [2.45, 2.75) is 54.9 Å². The number of hydrogen-bond acceptors (Lipinski definition) is 6. The lowest BCUT2D eigenvalue weighted by Crippen LogP contribution is -2.30. The van der Waals surface area contributed by atoms with E-state index in [1.54, 1.807) is 25.1 Å². The van der Waals surface area contributed by atoms with Crippen LogP contribution in [0.4, 0.5) is 0 Å². The van der Waals surface area contributed by atoms with Crippen molar-refractivity contribution in [3.8, 4) is 0 Å². The van der Waals surface area contributed by atoms with Crippen molar-refractivity contribution in [3.05, 3.63) is 11.6 Å². The van der Waals surface area contributed by atoms with E-state index < -0.39 is 10.0 Å². The van der Waals surface area contributed by atoms with E-state index in [4.69, 9.17) is 9.88 Å². The van der Waals surface area contributed by atoms with Gasteiger partial charge in [0, 0.05) is 32.7 Å². The van der Waals surface area contributed by atoms with Gasteiger partial charge in [0.2, 0.25) is 10.0 Å². The Morgan fingerprint density at radius 2 is 2.04 bits per heavy atom. The molecule has 0 fully saturated rings. The van der Waals surface area contributed by atoms with Crippen LogP contribution in [-0.4, -0.2) is 39.5 Å². The van der Waals surface area contributed by atoms with E-state index >= 15 is 0 Å². The monoisotopic (exact) mass is 394 g/mol. The van der Waals surface area contributed by atoms with E-state index in [1.807, 2.05) is 0 Å². The maximum Gasteiger partial charge on any atom is 0.247 e. The average molecular weight is 395 g/mol. The minimum atomic E-state index is -3.62. The number of fused-ring (bicyclic) bond motifs is 1. The lowest BCUT2D eigenvalue weighted by Gasteiger charge is -2.33. The first kappa shape index (κ1) is 21.9. The number of ether oxygens (including phenoxy) is 1. The molecule has 0 spiro atoms. The highest BCUT2D eigenvalue weighted by Gasteiger charge is 2.31. The number of nitrogens with two attached hydrogens (primary N) is 1. The molecule has 2 N–H and O–H groups in total. The van der Waals surface area contributed by atoms with E-state index in [0.717, 1.165) is 35.9 Å². The summed E-state index contributed by atoms with van der Waals surface area (Å²) in [5, 5.41) is 5.27. The Labute approximate surface area is 155 Å². The van der Waals surface area contributed by atoms with E-state index in [9.17, 15) is 8.42 Å².